The lowest BCUT2D eigenvalue weighted by atomic mass is 9.95. The smallest absolute Gasteiger partial charge is 0.410 e. The highest BCUT2D eigenvalue weighted by Crippen LogP contribution is 2.35. The zero-order valence-electron chi connectivity index (χ0n) is 19.9. The van der Waals surface area contributed by atoms with Gasteiger partial charge in [-0.15, -0.1) is 0 Å². The van der Waals surface area contributed by atoms with Crippen molar-refractivity contribution in [1.82, 2.24) is 9.80 Å². The van der Waals surface area contributed by atoms with Gasteiger partial charge in [-0.05, 0) is 43.0 Å². The molecule has 180 valence electrons. The minimum Gasteiger partial charge on any atom is -0.441 e. The lowest BCUT2D eigenvalue weighted by Gasteiger charge is -2.31. The number of likely N-dealkylation sites (tertiary alicyclic amines) is 1. The number of morpholine rings is 1. The van der Waals surface area contributed by atoms with Crippen LogP contribution in [-0.2, 0) is 16.0 Å². The van der Waals surface area contributed by atoms with Gasteiger partial charge in [0.1, 0.15) is 5.60 Å². The molecule has 3 saturated heterocycles. The van der Waals surface area contributed by atoms with E-state index in [1.54, 1.807) is 4.90 Å². The van der Waals surface area contributed by atoms with E-state index in [4.69, 9.17) is 9.47 Å². The summed E-state index contributed by atoms with van der Waals surface area (Å²) in [7, 11) is 0. The second kappa shape index (κ2) is 9.66. The minimum absolute atomic E-state index is 0.0649. The van der Waals surface area contributed by atoms with Gasteiger partial charge in [-0.2, -0.15) is 0 Å². The molecular formula is C27H33N3O4. The third-order valence-electron chi connectivity index (χ3n) is 7.33. The van der Waals surface area contributed by atoms with Gasteiger partial charge in [0, 0.05) is 50.4 Å². The largest absolute Gasteiger partial charge is 0.441 e. The zero-order valence-corrected chi connectivity index (χ0v) is 19.9. The Morgan fingerprint density at radius 3 is 2.56 bits per heavy atom. The van der Waals surface area contributed by atoms with Gasteiger partial charge in [-0.25, -0.2) is 4.79 Å². The van der Waals surface area contributed by atoms with Gasteiger partial charge in [0.05, 0.1) is 19.8 Å². The van der Waals surface area contributed by atoms with Crippen LogP contribution in [0, 0.1) is 6.92 Å². The molecule has 7 nitrogen and oxygen atoms in total. The predicted octanol–water partition coefficient (Wildman–Crippen LogP) is 3.85. The van der Waals surface area contributed by atoms with E-state index in [9.17, 15) is 9.59 Å². The molecule has 34 heavy (non-hydrogen) atoms. The van der Waals surface area contributed by atoms with Crippen molar-refractivity contribution < 1.29 is 19.1 Å². The maximum atomic E-state index is 13.5. The maximum Gasteiger partial charge on any atom is 0.410 e. The van der Waals surface area contributed by atoms with Crippen molar-refractivity contribution in [2.45, 2.75) is 38.3 Å². The molecule has 3 aliphatic heterocycles. The van der Waals surface area contributed by atoms with Crippen LogP contribution in [0.4, 0.5) is 10.5 Å². The van der Waals surface area contributed by atoms with Crippen LogP contribution in [0.25, 0.3) is 0 Å². The average molecular weight is 464 g/mol. The summed E-state index contributed by atoms with van der Waals surface area (Å²) in [5.74, 6) is 0.0649. The van der Waals surface area contributed by atoms with Gasteiger partial charge in [0.15, 0.2) is 0 Å². The molecule has 7 heteroatoms. The van der Waals surface area contributed by atoms with Crippen LogP contribution in [-0.4, -0.2) is 73.3 Å². The number of anilines is 1. The van der Waals surface area contributed by atoms with Gasteiger partial charge >= 0.3 is 6.09 Å². The van der Waals surface area contributed by atoms with Crippen LogP contribution in [0.1, 0.15) is 40.7 Å². The van der Waals surface area contributed by atoms with E-state index in [0.717, 1.165) is 48.3 Å². The predicted molar refractivity (Wildman–Crippen MR) is 130 cm³/mol. The monoisotopic (exact) mass is 463 g/mol. The fourth-order valence-electron chi connectivity index (χ4n) is 5.42. The number of rotatable bonds is 4. The van der Waals surface area contributed by atoms with Crippen molar-refractivity contribution in [3.63, 3.8) is 0 Å². The standard InChI is InChI=1S/C27H33N3O4/c1-21-23(9-5-10-24(21)28-15-17-33-18-16-28)25(31)29-13-6-11-27(12-14-29)20-30(26(32)34-27)19-22-7-3-2-4-8-22/h2-5,7-10H,6,11-20H2,1H3/t27-/m1/s1. The first-order valence-electron chi connectivity index (χ1n) is 12.3. The van der Waals surface area contributed by atoms with Gasteiger partial charge in [0.25, 0.3) is 5.91 Å². The fraction of sp³-hybridized carbons (Fsp3) is 0.481. The van der Waals surface area contributed by atoms with Crippen molar-refractivity contribution >= 4 is 17.7 Å². The maximum absolute atomic E-state index is 13.5. The lowest BCUT2D eigenvalue weighted by molar-refractivity contribution is 0.0438. The second-order valence-electron chi connectivity index (χ2n) is 9.59. The number of benzene rings is 2. The summed E-state index contributed by atoms with van der Waals surface area (Å²) in [6, 6.07) is 16.0. The van der Waals surface area contributed by atoms with E-state index in [-0.39, 0.29) is 12.0 Å². The first-order chi connectivity index (χ1) is 16.5. The Balaban J connectivity index is 1.26. The van der Waals surface area contributed by atoms with Crippen molar-refractivity contribution in [2.24, 2.45) is 0 Å². The molecule has 3 heterocycles. The summed E-state index contributed by atoms with van der Waals surface area (Å²) in [5, 5.41) is 0. The molecule has 3 fully saturated rings. The van der Waals surface area contributed by atoms with E-state index in [0.29, 0.717) is 45.8 Å². The van der Waals surface area contributed by atoms with Crippen molar-refractivity contribution in [3.8, 4) is 0 Å². The van der Waals surface area contributed by atoms with Crippen molar-refractivity contribution in [3.05, 3.63) is 65.2 Å². The van der Waals surface area contributed by atoms with Crippen LogP contribution in [0.15, 0.2) is 48.5 Å². The van der Waals surface area contributed by atoms with E-state index in [1.807, 2.05) is 54.3 Å². The summed E-state index contributed by atoms with van der Waals surface area (Å²) >= 11 is 0. The lowest BCUT2D eigenvalue weighted by Crippen LogP contribution is -2.38. The Kier molecular flexibility index (Phi) is 6.46. The number of hydrogen-bond acceptors (Lipinski definition) is 5. The molecule has 2 amide bonds. The number of hydrogen-bond donors (Lipinski definition) is 0. The molecule has 3 aliphatic rings. The fourth-order valence-corrected chi connectivity index (χ4v) is 5.42. The SMILES string of the molecule is Cc1c(C(=O)N2CCC[C@@]3(CC2)CN(Cc2ccccc2)C(=O)O3)cccc1N1CCOCC1. The van der Waals surface area contributed by atoms with Crippen LogP contribution in [0.3, 0.4) is 0 Å². The highest BCUT2D eigenvalue weighted by molar-refractivity contribution is 5.97. The first-order valence-corrected chi connectivity index (χ1v) is 12.3. The van der Waals surface area contributed by atoms with E-state index in [2.05, 4.69) is 11.0 Å². The highest BCUT2D eigenvalue weighted by Gasteiger charge is 2.46. The van der Waals surface area contributed by atoms with Gasteiger partial charge in [-0.1, -0.05) is 36.4 Å². The van der Waals surface area contributed by atoms with Crippen LogP contribution in [0.2, 0.25) is 0 Å². The van der Waals surface area contributed by atoms with Crippen LogP contribution >= 0.6 is 0 Å². The Morgan fingerprint density at radius 2 is 1.76 bits per heavy atom. The third-order valence-corrected chi connectivity index (χ3v) is 7.33. The molecule has 2 aromatic carbocycles. The molecule has 1 atom stereocenters. The number of amides is 2. The Labute approximate surface area is 201 Å². The first kappa shape index (κ1) is 22.7. The molecule has 0 N–H and O–H groups in total. The summed E-state index contributed by atoms with van der Waals surface area (Å²) in [5.41, 5.74) is 3.48. The molecule has 0 radical (unpaired) electrons. The summed E-state index contributed by atoms with van der Waals surface area (Å²) < 4.78 is 11.4. The molecular weight excluding hydrogens is 430 g/mol. The average Bonchev–Trinajstić information content (AvgIpc) is 3.02. The van der Waals surface area contributed by atoms with Crippen LogP contribution < -0.4 is 4.90 Å². The quantitative estimate of drug-likeness (QED) is 0.689. The van der Waals surface area contributed by atoms with Crippen LogP contribution in [0.5, 0.6) is 0 Å². The molecule has 0 saturated carbocycles. The minimum atomic E-state index is -0.508. The molecule has 0 aromatic heterocycles. The summed E-state index contributed by atoms with van der Waals surface area (Å²) in [6.45, 7) is 7.55. The molecule has 0 bridgehead atoms. The van der Waals surface area contributed by atoms with Crippen molar-refractivity contribution in [1.29, 1.82) is 0 Å². The van der Waals surface area contributed by atoms with Crippen molar-refractivity contribution in [2.75, 3.05) is 50.8 Å². The van der Waals surface area contributed by atoms with Gasteiger partial charge in [-0.3, -0.25) is 9.69 Å². The highest BCUT2D eigenvalue weighted by atomic mass is 16.6. The molecule has 1 spiro atoms. The number of carbonyl (C=O) groups excluding carboxylic acids is 2. The van der Waals surface area contributed by atoms with E-state index < -0.39 is 5.60 Å². The Morgan fingerprint density at radius 1 is 0.971 bits per heavy atom. The second-order valence-corrected chi connectivity index (χ2v) is 9.59. The van der Waals surface area contributed by atoms with E-state index in [1.165, 1.54) is 0 Å². The van der Waals surface area contributed by atoms with E-state index >= 15 is 0 Å². The van der Waals surface area contributed by atoms with Gasteiger partial charge in [0.2, 0.25) is 0 Å². The third kappa shape index (κ3) is 4.62. The Hall–Kier alpha value is -3.06. The van der Waals surface area contributed by atoms with Gasteiger partial charge < -0.3 is 19.3 Å². The number of nitrogens with zero attached hydrogens (tertiary/aromatic N) is 3. The number of carbonyl (C=O) groups is 2. The molecule has 2 aromatic rings. The molecule has 5 rings (SSSR count). The number of ether oxygens (including phenoxy) is 2. The zero-order chi connectivity index (χ0) is 23.5. The summed E-state index contributed by atoms with van der Waals surface area (Å²) in [6.07, 6.45) is 2.01. The summed E-state index contributed by atoms with van der Waals surface area (Å²) in [4.78, 5) is 32.2. The topological polar surface area (TPSA) is 62.3 Å². The Bertz CT molecular complexity index is 1040. The molecule has 0 aliphatic carbocycles. The normalized spacial score (nSPS) is 23.2. The molecule has 0 unspecified atom stereocenters.